The number of H-pyrrole nitrogens is 1. The number of hydrogen-bond donors (Lipinski definition) is 1. The number of aromatic nitrogens is 2. The van der Waals surface area contributed by atoms with Crippen molar-refractivity contribution in [2.45, 2.75) is 39.0 Å². The molecule has 3 rings (SSSR count). The molecule has 0 unspecified atom stereocenters. The minimum atomic E-state index is 0.301. The Kier molecular flexibility index (Phi) is 3.72. The number of fused-ring (bicyclic) bond motifs is 1. The Morgan fingerprint density at radius 1 is 1.30 bits per heavy atom. The van der Waals surface area contributed by atoms with Gasteiger partial charge in [0.05, 0.1) is 11.7 Å². The third-order valence-electron chi connectivity index (χ3n) is 4.14. The SMILES string of the molecule is Cc1cc(CCC(=O)N2CCCCC2)cc2cn[nH]c12. The molecule has 106 valence electrons. The molecule has 1 aliphatic rings. The van der Waals surface area contributed by atoms with Gasteiger partial charge in [0.25, 0.3) is 0 Å². The van der Waals surface area contributed by atoms with Crippen molar-refractivity contribution in [1.29, 1.82) is 0 Å². The maximum absolute atomic E-state index is 12.2. The van der Waals surface area contributed by atoms with Crippen LogP contribution >= 0.6 is 0 Å². The van der Waals surface area contributed by atoms with Crippen LogP contribution in [0.25, 0.3) is 10.9 Å². The molecule has 0 spiro atoms. The molecule has 4 heteroatoms. The number of likely N-dealkylation sites (tertiary alicyclic amines) is 1. The highest BCUT2D eigenvalue weighted by Gasteiger charge is 2.16. The summed E-state index contributed by atoms with van der Waals surface area (Å²) in [6.07, 6.45) is 6.86. The van der Waals surface area contributed by atoms with E-state index in [1.165, 1.54) is 17.5 Å². The molecule has 20 heavy (non-hydrogen) atoms. The molecule has 0 saturated carbocycles. The molecule has 0 aliphatic carbocycles. The average molecular weight is 271 g/mol. The van der Waals surface area contributed by atoms with E-state index in [1.807, 2.05) is 11.1 Å². The van der Waals surface area contributed by atoms with Gasteiger partial charge >= 0.3 is 0 Å². The first-order valence-corrected chi connectivity index (χ1v) is 7.44. The van der Waals surface area contributed by atoms with Crippen molar-refractivity contribution in [1.82, 2.24) is 15.1 Å². The van der Waals surface area contributed by atoms with Gasteiger partial charge < -0.3 is 4.90 Å². The topological polar surface area (TPSA) is 49.0 Å². The molecular weight excluding hydrogens is 250 g/mol. The highest BCUT2D eigenvalue weighted by molar-refractivity contribution is 5.82. The summed E-state index contributed by atoms with van der Waals surface area (Å²) < 4.78 is 0. The Hall–Kier alpha value is -1.84. The molecule has 1 aromatic heterocycles. The number of nitrogens with zero attached hydrogens (tertiary/aromatic N) is 2. The summed E-state index contributed by atoms with van der Waals surface area (Å²) >= 11 is 0. The molecule has 4 nitrogen and oxygen atoms in total. The van der Waals surface area contributed by atoms with Gasteiger partial charge in [-0.05, 0) is 49.8 Å². The number of amides is 1. The first-order valence-electron chi connectivity index (χ1n) is 7.44. The van der Waals surface area contributed by atoms with Crippen LogP contribution in [-0.2, 0) is 11.2 Å². The number of rotatable bonds is 3. The second-order valence-corrected chi connectivity index (χ2v) is 5.69. The van der Waals surface area contributed by atoms with Gasteiger partial charge in [0.1, 0.15) is 0 Å². The highest BCUT2D eigenvalue weighted by atomic mass is 16.2. The number of hydrogen-bond acceptors (Lipinski definition) is 2. The molecule has 1 fully saturated rings. The summed E-state index contributed by atoms with van der Waals surface area (Å²) in [7, 11) is 0. The molecular formula is C16H21N3O. The maximum Gasteiger partial charge on any atom is 0.222 e. The second kappa shape index (κ2) is 5.65. The zero-order valence-corrected chi connectivity index (χ0v) is 12.0. The van der Waals surface area contributed by atoms with Crippen LogP contribution in [0.3, 0.4) is 0 Å². The van der Waals surface area contributed by atoms with Crippen molar-refractivity contribution in [2.75, 3.05) is 13.1 Å². The third kappa shape index (κ3) is 2.69. The number of piperidine rings is 1. The fraction of sp³-hybridized carbons (Fsp3) is 0.500. The predicted octanol–water partition coefficient (Wildman–Crippen LogP) is 2.82. The lowest BCUT2D eigenvalue weighted by Gasteiger charge is -2.26. The van der Waals surface area contributed by atoms with Crippen molar-refractivity contribution < 1.29 is 4.79 Å². The monoisotopic (exact) mass is 271 g/mol. The van der Waals surface area contributed by atoms with Crippen LogP contribution in [0.2, 0.25) is 0 Å². The molecule has 2 aromatic rings. The van der Waals surface area contributed by atoms with Crippen LogP contribution in [0, 0.1) is 6.92 Å². The van der Waals surface area contributed by atoms with Crippen LogP contribution in [-0.4, -0.2) is 34.1 Å². The second-order valence-electron chi connectivity index (χ2n) is 5.69. The largest absolute Gasteiger partial charge is 0.343 e. The van der Waals surface area contributed by atoms with E-state index >= 15 is 0 Å². The van der Waals surface area contributed by atoms with E-state index in [0.29, 0.717) is 12.3 Å². The Bertz CT molecular complexity index is 611. The summed E-state index contributed by atoms with van der Waals surface area (Å²) in [5.41, 5.74) is 3.51. The third-order valence-corrected chi connectivity index (χ3v) is 4.14. The maximum atomic E-state index is 12.2. The van der Waals surface area contributed by atoms with E-state index in [4.69, 9.17) is 0 Å². The summed E-state index contributed by atoms with van der Waals surface area (Å²) in [5, 5.41) is 8.21. The summed E-state index contributed by atoms with van der Waals surface area (Å²) in [4.78, 5) is 14.2. The Morgan fingerprint density at radius 3 is 2.90 bits per heavy atom. The minimum Gasteiger partial charge on any atom is -0.343 e. The minimum absolute atomic E-state index is 0.301. The molecule has 1 aromatic carbocycles. The fourth-order valence-corrected chi connectivity index (χ4v) is 3.01. The Morgan fingerprint density at radius 2 is 2.10 bits per heavy atom. The first-order chi connectivity index (χ1) is 9.74. The van der Waals surface area contributed by atoms with E-state index in [1.54, 1.807) is 0 Å². The molecule has 0 atom stereocenters. The molecule has 0 radical (unpaired) electrons. The summed E-state index contributed by atoms with van der Waals surface area (Å²) in [6.45, 7) is 3.97. The van der Waals surface area contributed by atoms with E-state index in [2.05, 4.69) is 29.3 Å². The predicted molar refractivity (Wildman–Crippen MR) is 79.6 cm³/mol. The molecule has 2 heterocycles. The van der Waals surface area contributed by atoms with Gasteiger partial charge in [0, 0.05) is 24.9 Å². The van der Waals surface area contributed by atoms with Gasteiger partial charge in [-0.1, -0.05) is 6.07 Å². The van der Waals surface area contributed by atoms with Crippen LogP contribution in [0.15, 0.2) is 18.3 Å². The zero-order valence-electron chi connectivity index (χ0n) is 12.0. The lowest BCUT2D eigenvalue weighted by molar-refractivity contribution is -0.132. The molecule has 1 saturated heterocycles. The summed E-state index contributed by atoms with van der Waals surface area (Å²) in [5.74, 6) is 0.301. The molecule has 1 amide bonds. The number of benzene rings is 1. The Balaban J connectivity index is 1.65. The van der Waals surface area contributed by atoms with Gasteiger partial charge in [-0.3, -0.25) is 9.89 Å². The van der Waals surface area contributed by atoms with E-state index in [9.17, 15) is 4.79 Å². The van der Waals surface area contributed by atoms with Crippen molar-refractivity contribution in [3.05, 3.63) is 29.5 Å². The molecule has 1 N–H and O–H groups in total. The lowest BCUT2D eigenvalue weighted by Crippen LogP contribution is -2.35. The van der Waals surface area contributed by atoms with Crippen molar-refractivity contribution in [3.8, 4) is 0 Å². The highest BCUT2D eigenvalue weighted by Crippen LogP contribution is 2.19. The van der Waals surface area contributed by atoms with Gasteiger partial charge in [-0.15, -0.1) is 0 Å². The van der Waals surface area contributed by atoms with Crippen LogP contribution in [0.1, 0.15) is 36.8 Å². The number of carbonyl (C=O) groups is 1. The van der Waals surface area contributed by atoms with E-state index < -0.39 is 0 Å². The zero-order chi connectivity index (χ0) is 13.9. The van der Waals surface area contributed by atoms with E-state index in [-0.39, 0.29) is 0 Å². The number of nitrogens with one attached hydrogen (secondary N) is 1. The fourth-order valence-electron chi connectivity index (χ4n) is 3.01. The van der Waals surface area contributed by atoms with Crippen LogP contribution < -0.4 is 0 Å². The van der Waals surface area contributed by atoms with Crippen molar-refractivity contribution in [2.24, 2.45) is 0 Å². The van der Waals surface area contributed by atoms with Gasteiger partial charge in [-0.25, -0.2) is 0 Å². The number of aryl methyl sites for hydroxylation is 2. The van der Waals surface area contributed by atoms with Crippen molar-refractivity contribution in [3.63, 3.8) is 0 Å². The lowest BCUT2D eigenvalue weighted by atomic mass is 10.0. The average Bonchev–Trinajstić information content (AvgIpc) is 2.94. The van der Waals surface area contributed by atoms with Crippen LogP contribution in [0.5, 0.6) is 0 Å². The Labute approximate surface area is 119 Å². The van der Waals surface area contributed by atoms with Gasteiger partial charge in [0.2, 0.25) is 5.91 Å². The van der Waals surface area contributed by atoms with Crippen LogP contribution in [0.4, 0.5) is 0 Å². The number of carbonyl (C=O) groups excluding carboxylic acids is 1. The van der Waals surface area contributed by atoms with Crippen molar-refractivity contribution >= 4 is 16.8 Å². The van der Waals surface area contributed by atoms with Gasteiger partial charge in [-0.2, -0.15) is 5.10 Å². The number of aromatic amines is 1. The smallest absolute Gasteiger partial charge is 0.222 e. The molecule has 0 bridgehead atoms. The normalized spacial score (nSPS) is 15.8. The summed E-state index contributed by atoms with van der Waals surface area (Å²) in [6, 6.07) is 4.29. The van der Waals surface area contributed by atoms with Gasteiger partial charge in [0.15, 0.2) is 0 Å². The standard InChI is InChI=1S/C16H21N3O/c1-12-9-13(10-14-11-17-18-16(12)14)5-6-15(20)19-7-3-2-4-8-19/h9-11H,2-8H2,1H3,(H,17,18). The quantitative estimate of drug-likeness (QED) is 0.933. The molecule has 1 aliphatic heterocycles. The van der Waals surface area contributed by atoms with E-state index in [0.717, 1.165) is 43.3 Å². The first kappa shape index (κ1) is 13.2.